The zero-order valence-electron chi connectivity index (χ0n) is 23.8. The molecule has 0 saturated carbocycles. The molecule has 0 spiro atoms. The number of ether oxygens (including phenoxy) is 2. The molecule has 0 saturated heterocycles. The van der Waals surface area contributed by atoms with Gasteiger partial charge in [0.2, 0.25) is 5.91 Å². The topological polar surface area (TPSA) is 114 Å². The van der Waals surface area contributed by atoms with E-state index in [1.54, 1.807) is 24.3 Å². The van der Waals surface area contributed by atoms with Gasteiger partial charge in [-0.3, -0.25) is 9.52 Å². The second kappa shape index (κ2) is 15.7. The molecule has 9 nitrogen and oxygen atoms in total. The Morgan fingerprint density at radius 2 is 1.51 bits per heavy atom. The van der Waals surface area contributed by atoms with E-state index in [-0.39, 0.29) is 19.1 Å². The molecule has 2 atom stereocenters. The number of benzene rings is 3. The van der Waals surface area contributed by atoms with Gasteiger partial charge in [0.25, 0.3) is 10.0 Å². The molecular formula is C31H39N3O6S. The van der Waals surface area contributed by atoms with Crippen molar-refractivity contribution < 1.29 is 27.5 Å². The third-order valence-electron chi connectivity index (χ3n) is 6.70. The number of hydrogen-bond donors (Lipinski definition) is 2. The highest BCUT2D eigenvalue weighted by atomic mass is 32.2. The lowest BCUT2D eigenvalue weighted by atomic mass is 9.98. The number of rotatable bonds is 15. The molecular weight excluding hydrogens is 542 g/mol. The van der Waals surface area contributed by atoms with E-state index in [9.17, 15) is 18.0 Å². The second-order valence-corrected chi connectivity index (χ2v) is 11.5. The Bertz CT molecular complexity index is 1340. The van der Waals surface area contributed by atoms with Gasteiger partial charge in [-0.05, 0) is 54.2 Å². The lowest BCUT2D eigenvalue weighted by Crippen LogP contribution is -2.53. The number of nitrogens with one attached hydrogen (secondary N) is 2. The van der Waals surface area contributed by atoms with Gasteiger partial charge in [-0.25, -0.2) is 13.2 Å². The number of alkyl carbamates (subject to hydrolysis) is 1. The Morgan fingerprint density at radius 1 is 0.902 bits per heavy atom. The number of carbonyl (C=O) groups is 2. The normalized spacial score (nSPS) is 12.6. The van der Waals surface area contributed by atoms with Crippen molar-refractivity contribution in [3.05, 3.63) is 96.1 Å². The van der Waals surface area contributed by atoms with Gasteiger partial charge in [0.15, 0.2) is 0 Å². The second-order valence-electron chi connectivity index (χ2n) is 9.83. The molecule has 0 aliphatic carbocycles. The summed E-state index contributed by atoms with van der Waals surface area (Å²) in [5.74, 6) is -0.725. The summed E-state index contributed by atoms with van der Waals surface area (Å²) >= 11 is 0. The van der Waals surface area contributed by atoms with Gasteiger partial charge in [0, 0.05) is 12.2 Å². The van der Waals surface area contributed by atoms with Crippen molar-refractivity contribution >= 4 is 27.7 Å². The Balaban J connectivity index is 1.75. The minimum atomic E-state index is -3.96. The van der Waals surface area contributed by atoms with Crippen LogP contribution >= 0.6 is 0 Å². The third kappa shape index (κ3) is 10.5. The van der Waals surface area contributed by atoms with Crippen LogP contribution in [0.5, 0.6) is 5.75 Å². The molecule has 3 aromatic rings. The summed E-state index contributed by atoms with van der Waals surface area (Å²) in [7, 11) is -2.44. The molecule has 0 aliphatic rings. The van der Waals surface area contributed by atoms with Crippen LogP contribution in [0.25, 0.3) is 0 Å². The largest absolute Gasteiger partial charge is 0.497 e. The third-order valence-corrected chi connectivity index (χ3v) is 7.90. The van der Waals surface area contributed by atoms with Crippen molar-refractivity contribution in [3.8, 4) is 5.75 Å². The van der Waals surface area contributed by atoms with Crippen molar-refractivity contribution in [1.82, 2.24) is 10.2 Å². The quantitative estimate of drug-likeness (QED) is 0.255. The maximum Gasteiger partial charge on any atom is 0.408 e. The molecule has 0 fully saturated rings. The summed E-state index contributed by atoms with van der Waals surface area (Å²) in [4.78, 5) is 27.9. The molecule has 41 heavy (non-hydrogen) atoms. The van der Waals surface area contributed by atoms with E-state index in [1.165, 1.54) is 12.0 Å². The molecule has 220 valence electrons. The molecule has 0 radical (unpaired) electrons. The number of hydrogen-bond acceptors (Lipinski definition) is 6. The molecule has 0 heterocycles. The first-order valence-electron chi connectivity index (χ1n) is 13.6. The lowest BCUT2D eigenvalue weighted by Gasteiger charge is -2.30. The SMILES string of the molecule is CCC(C)[C@H](NC(=O)OCc1ccccc1)C(=O)N(CCCc1ccccc1)CS(=O)(=O)Nc1ccc(OC)cc1. The molecule has 3 rings (SSSR count). The van der Waals surface area contributed by atoms with Crippen LogP contribution in [0.2, 0.25) is 0 Å². The first kappa shape index (κ1) is 31.5. The van der Waals surface area contributed by atoms with Gasteiger partial charge >= 0.3 is 6.09 Å². The van der Waals surface area contributed by atoms with Gasteiger partial charge in [-0.1, -0.05) is 80.9 Å². The zero-order chi connectivity index (χ0) is 29.7. The fourth-order valence-corrected chi connectivity index (χ4v) is 5.43. The number of amides is 2. The van der Waals surface area contributed by atoms with Crippen LogP contribution in [0.1, 0.15) is 37.8 Å². The lowest BCUT2D eigenvalue weighted by molar-refractivity contribution is -0.133. The van der Waals surface area contributed by atoms with Gasteiger partial charge in [0.05, 0.1) is 7.11 Å². The van der Waals surface area contributed by atoms with Crippen LogP contribution in [0.4, 0.5) is 10.5 Å². The maximum absolute atomic E-state index is 13.9. The minimum absolute atomic E-state index is 0.0506. The van der Waals surface area contributed by atoms with Crippen LogP contribution < -0.4 is 14.8 Å². The van der Waals surface area contributed by atoms with Crippen molar-refractivity contribution in [1.29, 1.82) is 0 Å². The van der Waals surface area contributed by atoms with Crippen molar-refractivity contribution in [3.63, 3.8) is 0 Å². The zero-order valence-corrected chi connectivity index (χ0v) is 24.6. The van der Waals surface area contributed by atoms with Crippen LogP contribution in [0, 0.1) is 5.92 Å². The summed E-state index contributed by atoms with van der Waals surface area (Å²) in [5, 5.41) is 2.69. The molecule has 0 aromatic heterocycles. The Hall–Kier alpha value is -4.05. The Morgan fingerprint density at radius 3 is 2.10 bits per heavy atom. The summed E-state index contributed by atoms with van der Waals surface area (Å²) in [5.41, 5.74) is 2.25. The van der Waals surface area contributed by atoms with Crippen molar-refractivity contribution in [2.75, 3.05) is 24.3 Å². The van der Waals surface area contributed by atoms with Gasteiger partial charge in [-0.15, -0.1) is 0 Å². The van der Waals surface area contributed by atoms with Gasteiger partial charge < -0.3 is 19.7 Å². The highest BCUT2D eigenvalue weighted by Gasteiger charge is 2.32. The van der Waals surface area contributed by atoms with Crippen LogP contribution in [-0.4, -0.2) is 50.9 Å². The molecule has 2 N–H and O–H groups in total. The molecule has 10 heteroatoms. The Kier molecular flexibility index (Phi) is 12.0. The highest BCUT2D eigenvalue weighted by Crippen LogP contribution is 2.18. The van der Waals surface area contributed by atoms with E-state index in [0.29, 0.717) is 30.7 Å². The van der Waals surface area contributed by atoms with E-state index >= 15 is 0 Å². The molecule has 0 bridgehead atoms. The van der Waals surface area contributed by atoms with Crippen LogP contribution in [0.15, 0.2) is 84.9 Å². The predicted octanol–water partition coefficient (Wildman–Crippen LogP) is 5.20. The number of nitrogens with zero attached hydrogens (tertiary/aromatic N) is 1. The molecule has 2 amide bonds. The first-order valence-corrected chi connectivity index (χ1v) is 15.3. The molecule has 3 aromatic carbocycles. The number of anilines is 1. The minimum Gasteiger partial charge on any atom is -0.497 e. The number of methoxy groups -OCH3 is 1. The number of carbonyl (C=O) groups excluding carboxylic acids is 2. The first-order chi connectivity index (χ1) is 19.7. The fraction of sp³-hybridized carbons (Fsp3) is 0.355. The highest BCUT2D eigenvalue weighted by molar-refractivity contribution is 7.92. The molecule has 0 aliphatic heterocycles. The van der Waals surface area contributed by atoms with Crippen LogP contribution in [-0.2, 0) is 32.6 Å². The predicted molar refractivity (Wildman–Crippen MR) is 160 cm³/mol. The average Bonchev–Trinajstić information content (AvgIpc) is 2.98. The number of sulfonamides is 1. The summed E-state index contributed by atoms with van der Waals surface area (Å²) in [6.07, 6.45) is 1.05. The van der Waals surface area contributed by atoms with Crippen molar-refractivity contribution in [2.24, 2.45) is 5.92 Å². The average molecular weight is 582 g/mol. The number of aryl methyl sites for hydroxylation is 1. The van der Waals surface area contributed by atoms with E-state index in [4.69, 9.17) is 9.47 Å². The van der Waals surface area contributed by atoms with Crippen LogP contribution in [0.3, 0.4) is 0 Å². The smallest absolute Gasteiger partial charge is 0.408 e. The standard InChI is InChI=1S/C31H39N3O6S/c1-4-24(2)29(32-31(36)40-22-26-14-9-6-10-15-26)30(35)34(21-11-16-25-12-7-5-8-13-25)23-41(37,38)33-27-17-19-28(39-3)20-18-27/h5-10,12-15,17-20,24,29,33H,4,11,16,21-23H2,1-3H3,(H,32,36)/t24?,29-/m0/s1. The summed E-state index contributed by atoms with van der Waals surface area (Å²) in [6, 6.07) is 24.5. The van der Waals surface area contributed by atoms with Gasteiger partial charge in [-0.2, -0.15) is 0 Å². The van der Waals surface area contributed by atoms with Crippen molar-refractivity contribution in [2.45, 2.75) is 45.8 Å². The van der Waals surface area contributed by atoms with Gasteiger partial charge in [0.1, 0.15) is 24.3 Å². The Labute approximate surface area is 242 Å². The van der Waals surface area contributed by atoms with E-state index in [2.05, 4.69) is 10.0 Å². The van der Waals surface area contributed by atoms with E-state index in [1.807, 2.05) is 74.5 Å². The summed E-state index contributed by atoms with van der Waals surface area (Å²) in [6.45, 7) is 3.98. The van der Waals surface area contributed by atoms with E-state index in [0.717, 1.165) is 11.1 Å². The van der Waals surface area contributed by atoms with E-state index < -0.39 is 33.9 Å². The maximum atomic E-state index is 13.9. The summed E-state index contributed by atoms with van der Waals surface area (Å²) < 4.78 is 39.4. The fourth-order valence-electron chi connectivity index (χ4n) is 4.20. The molecule has 1 unspecified atom stereocenters. The monoisotopic (exact) mass is 581 g/mol.